The van der Waals surface area contributed by atoms with E-state index in [0.717, 1.165) is 11.3 Å². The molecule has 2 amide bonds. The van der Waals surface area contributed by atoms with Crippen LogP contribution in [0.2, 0.25) is 0 Å². The summed E-state index contributed by atoms with van der Waals surface area (Å²) in [6, 6.07) is 11.1. The van der Waals surface area contributed by atoms with Gasteiger partial charge in [-0.05, 0) is 34.5 Å². The van der Waals surface area contributed by atoms with Crippen molar-refractivity contribution >= 4 is 17.4 Å². The lowest BCUT2D eigenvalue weighted by molar-refractivity contribution is 0.0297. The molecule has 1 aromatic carbocycles. The molecule has 2 rings (SSSR count). The highest BCUT2D eigenvalue weighted by atomic mass is 32.1. The van der Waals surface area contributed by atoms with Gasteiger partial charge in [-0.2, -0.15) is 11.3 Å². The zero-order valence-corrected chi connectivity index (χ0v) is 14.1. The van der Waals surface area contributed by atoms with Crippen LogP contribution in [0.5, 0.6) is 5.75 Å². The standard InChI is InChI=1S/C17H22N2O4S/c20-8-10-23-16(14-6-11-24-13-14)12-19-17(21)18-7-9-22-15-4-2-1-3-5-15/h1-6,11,13,16,20H,7-10,12H2,(H2,18,19,21)/t16-/m1/s1. The van der Waals surface area contributed by atoms with E-state index in [9.17, 15) is 4.79 Å². The molecule has 0 aliphatic carbocycles. The third-order valence-corrected chi connectivity index (χ3v) is 3.87. The van der Waals surface area contributed by atoms with Crippen LogP contribution < -0.4 is 15.4 Å². The topological polar surface area (TPSA) is 79.8 Å². The number of urea groups is 1. The van der Waals surface area contributed by atoms with Crippen molar-refractivity contribution in [3.05, 3.63) is 52.7 Å². The van der Waals surface area contributed by atoms with E-state index >= 15 is 0 Å². The van der Waals surface area contributed by atoms with Gasteiger partial charge in [-0.3, -0.25) is 0 Å². The number of ether oxygens (including phenoxy) is 2. The maximum absolute atomic E-state index is 11.8. The molecule has 3 N–H and O–H groups in total. The summed E-state index contributed by atoms with van der Waals surface area (Å²) in [5, 5.41) is 18.3. The van der Waals surface area contributed by atoms with Gasteiger partial charge in [0.1, 0.15) is 18.5 Å². The van der Waals surface area contributed by atoms with Crippen molar-refractivity contribution in [1.29, 1.82) is 0 Å². The number of hydrogen-bond acceptors (Lipinski definition) is 5. The average Bonchev–Trinajstić information content (AvgIpc) is 3.14. The molecule has 0 aliphatic heterocycles. The Kier molecular flexibility index (Phi) is 8.09. The maximum atomic E-state index is 11.8. The molecule has 0 spiro atoms. The lowest BCUT2D eigenvalue weighted by Gasteiger charge is -2.17. The summed E-state index contributed by atoms with van der Waals surface area (Å²) in [7, 11) is 0. The molecular weight excluding hydrogens is 328 g/mol. The van der Waals surface area contributed by atoms with E-state index in [0.29, 0.717) is 19.7 Å². The van der Waals surface area contributed by atoms with Crippen molar-refractivity contribution in [3.8, 4) is 5.75 Å². The molecule has 1 aromatic heterocycles. The molecule has 24 heavy (non-hydrogen) atoms. The third-order valence-electron chi connectivity index (χ3n) is 3.17. The van der Waals surface area contributed by atoms with Gasteiger partial charge in [0.05, 0.1) is 19.8 Å². The van der Waals surface area contributed by atoms with Gasteiger partial charge in [0.2, 0.25) is 0 Å². The number of carbonyl (C=O) groups excluding carboxylic acids is 1. The van der Waals surface area contributed by atoms with Gasteiger partial charge in [0.25, 0.3) is 0 Å². The van der Waals surface area contributed by atoms with Gasteiger partial charge in [0.15, 0.2) is 0 Å². The zero-order valence-electron chi connectivity index (χ0n) is 13.3. The predicted molar refractivity (Wildman–Crippen MR) is 93.4 cm³/mol. The molecule has 1 atom stereocenters. The third kappa shape index (κ3) is 6.57. The zero-order chi connectivity index (χ0) is 17.0. The highest BCUT2D eigenvalue weighted by Crippen LogP contribution is 2.19. The van der Waals surface area contributed by atoms with E-state index in [-0.39, 0.29) is 25.3 Å². The minimum absolute atomic E-state index is 0.0519. The molecule has 0 bridgehead atoms. The lowest BCUT2D eigenvalue weighted by atomic mass is 10.2. The number of rotatable bonds is 10. The van der Waals surface area contributed by atoms with Crippen LogP contribution in [0.1, 0.15) is 11.7 Å². The molecule has 130 valence electrons. The van der Waals surface area contributed by atoms with Crippen LogP contribution in [-0.4, -0.2) is 44.0 Å². The molecule has 0 saturated heterocycles. The molecule has 2 aromatic rings. The number of aliphatic hydroxyl groups excluding tert-OH is 1. The maximum Gasteiger partial charge on any atom is 0.315 e. The quantitative estimate of drug-likeness (QED) is 0.574. The second kappa shape index (κ2) is 10.6. The first-order chi connectivity index (χ1) is 11.8. The summed E-state index contributed by atoms with van der Waals surface area (Å²) in [4.78, 5) is 11.8. The molecular formula is C17H22N2O4S. The number of carbonyl (C=O) groups is 1. The fraction of sp³-hybridized carbons (Fsp3) is 0.353. The van der Waals surface area contributed by atoms with E-state index in [1.807, 2.05) is 47.2 Å². The highest BCUT2D eigenvalue weighted by molar-refractivity contribution is 7.07. The number of nitrogens with one attached hydrogen (secondary N) is 2. The molecule has 0 saturated carbocycles. The average molecular weight is 350 g/mol. The van der Waals surface area contributed by atoms with Gasteiger partial charge in [-0.15, -0.1) is 0 Å². The van der Waals surface area contributed by atoms with E-state index in [4.69, 9.17) is 14.6 Å². The predicted octanol–water partition coefficient (Wildman–Crippen LogP) is 2.18. The smallest absolute Gasteiger partial charge is 0.315 e. The van der Waals surface area contributed by atoms with Crippen LogP contribution in [0, 0.1) is 0 Å². The molecule has 0 radical (unpaired) electrons. The minimum atomic E-state index is -0.278. The Morgan fingerprint density at radius 2 is 2.00 bits per heavy atom. The normalized spacial score (nSPS) is 11.7. The summed E-state index contributed by atoms with van der Waals surface area (Å²) in [6.07, 6.45) is -0.269. The van der Waals surface area contributed by atoms with Crippen LogP contribution in [0.3, 0.4) is 0 Å². The summed E-state index contributed by atoms with van der Waals surface area (Å²) in [5.74, 6) is 0.773. The fourth-order valence-electron chi connectivity index (χ4n) is 2.02. The monoisotopic (exact) mass is 350 g/mol. The van der Waals surface area contributed by atoms with Crippen LogP contribution >= 0.6 is 11.3 Å². The van der Waals surface area contributed by atoms with Gasteiger partial charge in [0, 0.05) is 6.54 Å². The van der Waals surface area contributed by atoms with Crippen LogP contribution in [-0.2, 0) is 4.74 Å². The number of thiophene rings is 1. The Morgan fingerprint density at radius 1 is 1.17 bits per heavy atom. The lowest BCUT2D eigenvalue weighted by Crippen LogP contribution is -2.40. The molecule has 1 heterocycles. The molecule has 6 nitrogen and oxygen atoms in total. The van der Waals surface area contributed by atoms with Crippen LogP contribution in [0.25, 0.3) is 0 Å². The Labute approximate surface area is 145 Å². The number of hydrogen-bond donors (Lipinski definition) is 3. The summed E-state index contributed by atoms with van der Waals surface area (Å²) in [5.41, 5.74) is 0.987. The van der Waals surface area contributed by atoms with Crippen molar-refractivity contribution < 1.29 is 19.4 Å². The van der Waals surface area contributed by atoms with Gasteiger partial charge < -0.3 is 25.2 Å². The van der Waals surface area contributed by atoms with Crippen LogP contribution in [0.4, 0.5) is 4.79 Å². The Balaban J connectivity index is 1.65. The van der Waals surface area contributed by atoms with Crippen LogP contribution in [0.15, 0.2) is 47.2 Å². The summed E-state index contributed by atoms with van der Waals surface area (Å²) in [6.45, 7) is 1.31. The largest absolute Gasteiger partial charge is 0.492 e. The molecule has 7 heteroatoms. The van der Waals surface area contributed by atoms with Crippen molar-refractivity contribution in [2.45, 2.75) is 6.10 Å². The Hall–Kier alpha value is -2.09. The number of aliphatic hydroxyl groups is 1. The summed E-state index contributed by atoms with van der Waals surface area (Å²) >= 11 is 1.56. The van der Waals surface area contributed by atoms with Crippen molar-refractivity contribution in [3.63, 3.8) is 0 Å². The SMILES string of the molecule is O=C(NCCOc1ccccc1)NC[C@@H](OCCO)c1ccsc1. The Morgan fingerprint density at radius 3 is 2.71 bits per heavy atom. The molecule has 0 fully saturated rings. The number of para-hydroxylation sites is 1. The van der Waals surface area contributed by atoms with E-state index in [1.54, 1.807) is 11.3 Å². The minimum Gasteiger partial charge on any atom is -0.492 e. The first-order valence-corrected chi connectivity index (χ1v) is 8.68. The Bertz CT molecular complexity index is 578. The highest BCUT2D eigenvalue weighted by Gasteiger charge is 2.13. The summed E-state index contributed by atoms with van der Waals surface area (Å²) < 4.78 is 11.1. The number of benzene rings is 1. The molecule has 0 unspecified atom stereocenters. The second-order valence-electron chi connectivity index (χ2n) is 4.94. The first kappa shape index (κ1) is 18.3. The van der Waals surface area contributed by atoms with Gasteiger partial charge in [-0.25, -0.2) is 4.79 Å². The van der Waals surface area contributed by atoms with Gasteiger partial charge in [-0.1, -0.05) is 18.2 Å². The second-order valence-corrected chi connectivity index (χ2v) is 5.72. The van der Waals surface area contributed by atoms with E-state index < -0.39 is 0 Å². The van der Waals surface area contributed by atoms with Crippen molar-refractivity contribution in [2.75, 3.05) is 32.9 Å². The van der Waals surface area contributed by atoms with Crippen molar-refractivity contribution in [2.24, 2.45) is 0 Å². The first-order valence-electron chi connectivity index (χ1n) is 7.73. The fourth-order valence-corrected chi connectivity index (χ4v) is 2.73. The van der Waals surface area contributed by atoms with Gasteiger partial charge >= 0.3 is 6.03 Å². The van der Waals surface area contributed by atoms with Crippen molar-refractivity contribution in [1.82, 2.24) is 10.6 Å². The van der Waals surface area contributed by atoms with E-state index in [1.165, 1.54) is 0 Å². The molecule has 0 aliphatic rings. The van der Waals surface area contributed by atoms with E-state index in [2.05, 4.69) is 10.6 Å². The number of amides is 2.